The van der Waals surface area contributed by atoms with Crippen LogP contribution in [0, 0.1) is 18.7 Å². The van der Waals surface area contributed by atoms with E-state index in [1.807, 2.05) is 36.1 Å². The van der Waals surface area contributed by atoms with E-state index >= 15 is 0 Å². The van der Waals surface area contributed by atoms with Crippen molar-refractivity contribution in [2.75, 3.05) is 13.1 Å². The minimum atomic E-state index is -0.177. The lowest BCUT2D eigenvalue weighted by Crippen LogP contribution is -2.50. The molecule has 146 valence electrons. The number of amides is 1. The molecular formula is C22H20FN5O. The standard InChI is InChI=1S/C22H20FN5O/c1-13-17(10-25-27-13)20-7-6-16-18(9-24-21(16)26-20)22(29)28-11-14(12-28)8-15-4-2-3-5-19(15)23/h2-7,9-10,14H,8,11-12H2,1H3,(H,24,26)(H,25,27). The normalized spacial score (nSPS) is 14.3. The maximum atomic E-state index is 13.8. The summed E-state index contributed by atoms with van der Waals surface area (Å²) in [5.41, 5.74) is 4.69. The summed E-state index contributed by atoms with van der Waals surface area (Å²) in [6.45, 7) is 3.22. The van der Waals surface area contributed by atoms with E-state index in [0.29, 0.717) is 36.3 Å². The Kier molecular flexibility index (Phi) is 4.16. The van der Waals surface area contributed by atoms with Gasteiger partial charge in [0.25, 0.3) is 5.91 Å². The number of hydrogen-bond acceptors (Lipinski definition) is 3. The van der Waals surface area contributed by atoms with Gasteiger partial charge >= 0.3 is 0 Å². The molecule has 0 aliphatic carbocycles. The zero-order valence-electron chi connectivity index (χ0n) is 15.9. The first-order valence-corrected chi connectivity index (χ1v) is 9.61. The molecule has 0 saturated carbocycles. The number of rotatable bonds is 4. The van der Waals surface area contributed by atoms with Crippen LogP contribution in [0.5, 0.6) is 0 Å². The molecule has 0 spiro atoms. The molecule has 4 aromatic rings. The average molecular weight is 389 g/mol. The number of nitrogens with one attached hydrogen (secondary N) is 2. The van der Waals surface area contributed by atoms with Crippen molar-refractivity contribution in [2.45, 2.75) is 13.3 Å². The SMILES string of the molecule is Cc1[nH]ncc1-c1ccc2c(C(=O)N3CC(Cc4ccccc4F)C3)c[nH]c2n1. The molecule has 1 aromatic carbocycles. The molecule has 0 bridgehead atoms. The highest BCUT2D eigenvalue weighted by Gasteiger charge is 2.32. The quantitative estimate of drug-likeness (QED) is 0.558. The van der Waals surface area contributed by atoms with E-state index < -0.39 is 0 Å². The number of benzene rings is 1. The van der Waals surface area contributed by atoms with E-state index in [-0.39, 0.29) is 17.6 Å². The van der Waals surface area contributed by atoms with E-state index in [1.54, 1.807) is 18.5 Å². The van der Waals surface area contributed by atoms with Gasteiger partial charge in [0.05, 0.1) is 17.5 Å². The second-order valence-corrected chi connectivity index (χ2v) is 7.58. The summed E-state index contributed by atoms with van der Waals surface area (Å²) in [6.07, 6.45) is 4.11. The first-order valence-electron chi connectivity index (χ1n) is 9.61. The van der Waals surface area contributed by atoms with Crippen LogP contribution in [0.1, 0.15) is 21.6 Å². The van der Waals surface area contributed by atoms with E-state index in [9.17, 15) is 9.18 Å². The molecule has 1 aliphatic heterocycles. The van der Waals surface area contributed by atoms with Crippen LogP contribution < -0.4 is 0 Å². The van der Waals surface area contributed by atoms with Crippen molar-refractivity contribution in [1.82, 2.24) is 25.1 Å². The topological polar surface area (TPSA) is 77.7 Å². The van der Waals surface area contributed by atoms with Crippen LogP contribution in [0.15, 0.2) is 48.8 Å². The molecule has 29 heavy (non-hydrogen) atoms. The van der Waals surface area contributed by atoms with E-state index in [0.717, 1.165) is 22.3 Å². The van der Waals surface area contributed by atoms with Gasteiger partial charge in [-0.05, 0) is 43.0 Å². The summed E-state index contributed by atoms with van der Waals surface area (Å²) in [5, 5.41) is 7.75. The van der Waals surface area contributed by atoms with Gasteiger partial charge in [-0.15, -0.1) is 0 Å². The van der Waals surface area contributed by atoms with Gasteiger partial charge in [-0.3, -0.25) is 9.89 Å². The van der Waals surface area contributed by atoms with Crippen molar-refractivity contribution in [1.29, 1.82) is 0 Å². The van der Waals surface area contributed by atoms with Crippen LogP contribution >= 0.6 is 0 Å². The Morgan fingerprint density at radius 2 is 2.07 bits per heavy atom. The second kappa shape index (κ2) is 6.84. The number of pyridine rings is 1. The molecule has 5 rings (SSSR count). The molecular weight excluding hydrogens is 369 g/mol. The summed E-state index contributed by atoms with van der Waals surface area (Å²) in [5.74, 6) is 0.0913. The highest BCUT2D eigenvalue weighted by Crippen LogP contribution is 2.28. The van der Waals surface area contributed by atoms with E-state index in [4.69, 9.17) is 0 Å². The van der Waals surface area contributed by atoms with Gasteiger partial charge in [0.1, 0.15) is 11.5 Å². The third kappa shape index (κ3) is 3.08. The van der Waals surface area contributed by atoms with Gasteiger partial charge in [0.15, 0.2) is 0 Å². The molecule has 3 aromatic heterocycles. The molecule has 6 nitrogen and oxygen atoms in total. The minimum Gasteiger partial charge on any atom is -0.345 e. The minimum absolute atomic E-state index is 0.0184. The summed E-state index contributed by atoms with van der Waals surface area (Å²) in [4.78, 5) is 22.5. The van der Waals surface area contributed by atoms with Gasteiger partial charge < -0.3 is 9.88 Å². The Bertz CT molecular complexity index is 1200. The van der Waals surface area contributed by atoms with Crippen LogP contribution in [-0.2, 0) is 6.42 Å². The van der Waals surface area contributed by atoms with Crippen LogP contribution in [0.4, 0.5) is 4.39 Å². The first-order chi connectivity index (χ1) is 14.1. The van der Waals surface area contributed by atoms with Gasteiger partial charge in [-0.25, -0.2) is 9.37 Å². The number of hydrogen-bond donors (Lipinski definition) is 2. The van der Waals surface area contributed by atoms with Crippen molar-refractivity contribution < 1.29 is 9.18 Å². The Labute approximate surface area is 166 Å². The molecule has 2 N–H and O–H groups in total. The van der Waals surface area contributed by atoms with Gasteiger partial charge in [0, 0.05) is 35.9 Å². The smallest absolute Gasteiger partial charge is 0.256 e. The number of likely N-dealkylation sites (tertiary alicyclic amines) is 1. The lowest BCUT2D eigenvalue weighted by atomic mass is 9.91. The molecule has 1 aliphatic rings. The second-order valence-electron chi connectivity index (χ2n) is 7.58. The Morgan fingerprint density at radius 1 is 1.24 bits per heavy atom. The number of aryl methyl sites for hydroxylation is 1. The first kappa shape index (κ1) is 17.6. The number of carbonyl (C=O) groups is 1. The number of carbonyl (C=O) groups excluding carboxylic acids is 1. The molecule has 1 amide bonds. The largest absolute Gasteiger partial charge is 0.345 e. The number of halogens is 1. The lowest BCUT2D eigenvalue weighted by Gasteiger charge is -2.39. The predicted molar refractivity (Wildman–Crippen MR) is 108 cm³/mol. The van der Waals surface area contributed by atoms with Crippen molar-refractivity contribution in [2.24, 2.45) is 5.92 Å². The maximum absolute atomic E-state index is 13.8. The highest BCUT2D eigenvalue weighted by molar-refractivity contribution is 6.06. The van der Waals surface area contributed by atoms with Crippen molar-refractivity contribution in [3.8, 4) is 11.3 Å². The Hall–Kier alpha value is -3.48. The summed E-state index contributed by atoms with van der Waals surface area (Å²) < 4.78 is 13.8. The number of aromatic amines is 2. The summed E-state index contributed by atoms with van der Waals surface area (Å²) in [7, 11) is 0. The van der Waals surface area contributed by atoms with E-state index in [1.165, 1.54) is 6.07 Å². The number of fused-ring (bicyclic) bond motifs is 1. The summed E-state index contributed by atoms with van der Waals surface area (Å²) >= 11 is 0. The zero-order chi connectivity index (χ0) is 20.0. The van der Waals surface area contributed by atoms with Gasteiger partial charge in [0.2, 0.25) is 0 Å². The molecule has 4 heterocycles. The van der Waals surface area contributed by atoms with Crippen molar-refractivity contribution >= 4 is 16.9 Å². The Morgan fingerprint density at radius 3 is 2.83 bits per heavy atom. The van der Waals surface area contributed by atoms with E-state index in [2.05, 4.69) is 20.2 Å². The van der Waals surface area contributed by atoms with Crippen molar-refractivity contribution in [3.05, 3.63) is 71.4 Å². The molecule has 0 unspecified atom stereocenters. The summed E-state index contributed by atoms with van der Waals surface area (Å²) in [6, 6.07) is 10.7. The van der Waals surface area contributed by atoms with Crippen LogP contribution in [0.3, 0.4) is 0 Å². The molecule has 1 fully saturated rings. The fourth-order valence-corrected chi connectivity index (χ4v) is 3.95. The third-order valence-electron chi connectivity index (χ3n) is 5.59. The predicted octanol–water partition coefficient (Wildman–Crippen LogP) is 3.72. The van der Waals surface area contributed by atoms with Gasteiger partial charge in [-0.1, -0.05) is 18.2 Å². The average Bonchev–Trinajstić information content (AvgIpc) is 3.30. The fourth-order valence-electron chi connectivity index (χ4n) is 3.95. The van der Waals surface area contributed by atoms with Crippen LogP contribution in [0.2, 0.25) is 0 Å². The highest BCUT2D eigenvalue weighted by atomic mass is 19.1. The molecule has 7 heteroatoms. The molecule has 0 atom stereocenters. The van der Waals surface area contributed by atoms with Gasteiger partial charge in [-0.2, -0.15) is 5.10 Å². The number of nitrogens with zero attached hydrogens (tertiary/aromatic N) is 3. The van der Waals surface area contributed by atoms with Crippen LogP contribution in [-0.4, -0.2) is 44.1 Å². The maximum Gasteiger partial charge on any atom is 0.256 e. The lowest BCUT2D eigenvalue weighted by molar-refractivity contribution is 0.0502. The zero-order valence-corrected chi connectivity index (χ0v) is 15.9. The fraction of sp³-hybridized carbons (Fsp3) is 0.227. The third-order valence-corrected chi connectivity index (χ3v) is 5.59. The Balaban J connectivity index is 1.31. The number of H-pyrrole nitrogens is 2. The van der Waals surface area contributed by atoms with Crippen molar-refractivity contribution in [3.63, 3.8) is 0 Å². The van der Waals surface area contributed by atoms with Crippen LogP contribution in [0.25, 0.3) is 22.3 Å². The monoisotopic (exact) mass is 389 g/mol. The molecule has 0 radical (unpaired) electrons. The number of aromatic nitrogens is 4. The molecule has 1 saturated heterocycles.